The van der Waals surface area contributed by atoms with Crippen molar-refractivity contribution in [1.82, 2.24) is 20.4 Å². The molecule has 4 aromatic rings. The van der Waals surface area contributed by atoms with Gasteiger partial charge in [-0.3, -0.25) is 0 Å². The second-order valence-corrected chi connectivity index (χ2v) is 6.71. The summed E-state index contributed by atoms with van der Waals surface area (Å²) in [5.41, 5.74) is 3.56. The zero-order valence-corrected chi connectivity index (χ0v) is 17.8. The van der Waals surface area contributed by atoms with Gasteiger partial charge >= 0.3 is 0 Å². The van der Waals surface area contributed by atoms with Crippen LogP contribution in [0.3, 0.4) is 0 Å². The minimum atomic E-state index is 0.396. The van der Waals surface area contributed by atoms with E-state index in [0.717, 1.165) is 34.0 Å². The molecule has 0 radical (unpaired) electrons. The van der Waals surface area contributed by atoms with Gasteiger partial charge in [0.15, 0.2) is 10.3 Å². The lowest BCUT2D eigenvalue weighted by Crippen LogP contribution is -1.87. The largest absolute Gasteiger partial charge is 0.497 e. The molecule has 0 saturated heterocycles. The molecule has 2 heterocycles. The van der Waals surface area contributed by atoms with Gasteiger partial charge in [0.05, 0.1) is 25.6 Å². The van der Waals surface area contributed by atoms with Gasteiger partial charge in [-0.05, 0) is 72.8 Å². The first-order valence-electron chi connectivity index (χ1n) is 8.86. The van der Waals surface area contributed by atoms with E-state index in [0.29, 0.717) is 10.3 Å². The number of aromatic nitrogens is 4. The van der Waals surface area contributed by atoms with Crippen molar-refractivity contribution in [3.8, 4) is 34.0 Å². The smallest absolute Gasteiger partial charge is 0.151 e. The number of benzene rings is 2. The highest BCUT2D eigenvalue weighted by molar-refractivity contribution is 6.29. The quantitative estimate of drug-likeness (QED) is 0.410. The second-order valence-electron chi connectivity index (χ2n) is 5.94. The average molecular weight is 441 g/mol. The summed E-state index contributed by atoms with van der Waals surface area (Å²) < 4.78 is 10.1. The van der Waals surface area contributed by atoms with E-state index in [1.807, 2.05) is 60.7 Å². The monoisotopic (exact) mass is 440 g/mol. The highest BCUT2D eigenvalue weighted by Crippen LogP contribution is 2.21. The summed E-state index contributed by atoms with van der Waals surface area (Å²) in [7, 11) is 3.27. The molecule has 0 aliphatic rings. The molecular weight excluding hydrogens is 423 g/mol. The topological polar surface area (TPSA) is 70.0 Å². The minimum absolute atomic E-state index is 0.396. The van der Waals surface area contributed by atoms with Crippen LogP contribution in [0.4, 0.5) is 0 Å². The molecule has 0 N–H and O–H groups in total. The van der Waals surface area contributed by atoms with Crippen molar-refractivity contribution in [2.75, 3.05) is 14.2 Å². The number of hydrogen-bond acceptors (Lipinski definition) is 6. The molecule has 0 aliphatic carbocycles. The lowest BCUT2D eigenvalue weighted by molar-refractivity contribution is 0.415. The van der Waals surface area contributed by atoms with Crippen molar-refractivity contribution in [2.45, 2.75) is 0 Å². The molecule has 0 unspecified atom stereocenters. The molecule has 0 amide bonds. The fourth-order valence-electron chi connectivity index (χ4n) is 2.46. The van der Waals surface area contributed by atoms with Crippen molar-refractivity contribution in [2.24, 2.45) is 0 Å². The van der Waals surface area contributed by atoms with E-state index >= 15 is 0 Å². The Morgan fingerprint density at radius 3 is 1.13 bits per heavy atom. The first-order valence-corrected chi connectivity index (χ1v) is 9.62. The molecule has 0 saturated carbocycles. The average Bonchev–Trinajstić information content (AvgIpc) is 2.81. The van der Waals surface area contributed by atoms with Crippen LogP contribution in [0.2, 0.25) is 10.3 Å². The molecule has 6 nitrogen and oxygen atoms in total. The van der Waals surface area contributed by atoms with Crippen LogP contribution < -0.4 is 9.47 Å². The molecule has 0 fully saturated rings. The van der Waals surface area contributed by atoms with Gasteiger partial charge in [0.1, 0.15) is 11.5 Å². The van der Waals surface area contributed by atoms with Gasteiger partial charge in [-0.2, -0.15) is 0 Å². The first-order chi connectivity index (χ1) is 14.6. The van der Waals surface area contributed by atoms with Gasteiger partial charge in [-0.1, -0.05) is 23.2 Å². The number of nitrogens with zero attached hydrogens (tertiary/aromatic N) is 4. The first kappa shape index (κ1) is 21.5. The predicted octanol–water partition coefficient (Wildman–Crippen LogP) is 5.61. The number of rotatable bonds is 4. The fraction of sp³-hybridized carbons (Fsp3) is 0.0909. The Labute approximate surface area is 184 Å². The predicted molar refractivity (Wildman–Crippen MR) is 118 cm³/mol. The molecule has 0 aliphatic heterocycles. The second kappa shape index (κ2) is 10.5. The van der Waals surface area contributed by atoms with E-state index in [2.05, 4.69) is 20.4 Å². The Morgan fingerprint density at radius 2 is 0.867 bits per heavy atom. The minimum Gasteiger partial charge on any atom is -0.497 e. The van der Waals surface area contributed by atoms with E-state index in [1.165, 1.54) is 0 Å². The van der Waals surface area contributed by atoms with Crippen LogP contribution in [-0.2, 0) is 0 Å². The molecule has 4 rings (SSSR count). The van der Waals surface area contributed by atoms with E-state index in [4.69, 9.17) is 32.7 Å². The summed E-state index contributed by atoms with van der Waals surface area (Å²) in [6.45, 7) is 0. The molecule has 2 aromatic carbocycles. The van der Waals surface area contributed by atoms with Crippen LogP contribution in [0.15, 0.2) is 72.8 Å². The number of methoxy groups -OCH3 is 2. The molecule has 30 heavy (non-hydrogen) atoms. The lowest BCUT2D eigenvalue weighted by atomic mass is 10.1. The van der Waals surface area contributed by atoms with Gasteiger partial charge in [-0.25, -0.2) is 0 Å². The summed E-state index contributed by atoms with van der Waals surface area (Å²) in [5, 5.41) is 16.3. The number of ether oxygens (including phenoxy) is 2. The standard InChI is InChI=1S/2C11H9ClN2O/c2*1-15-9-4-2-8(3-5-9)10-6-7-11(12)14-13-10/h2*2-7H,1H3. The van der Waals surface area contributed by atoms with Gasteiger partial charge in [0, 0.05) is 11.1 Å². The van der Waals surface area contributed by atoms with E-state index < -0.39 is 0 Å². The zero-order valence-electron chi connectivity index (χ0n) is 16.3. The summed E-state index contributed by atoms with van der Waals surface area (Å²) in [6.07, 6.45) is 0. The Balaban J connectivity index is 0.000000171. The fourth-order valence-corrected chi connectivity index (χ4v) is 2.67. The third-order valence-electron chi connectivity index (χ3n) is 4.04. The molecule has 8 heteroatoms. The highest BCUT2D eigenvalue weighted by Gasteiger charge is 2.01. The Bertz CT molecular complexity index is 967. The van der Waals surface area contributed by atoms with Crippen LogP contribution in [0, 0.1) is 0 Å². The molecule has 0 bridgehead atoms. The molecular formula is C22H18Cl2N4O2. The van der Waals surface area contributed by atoms with Crippen LogP contribution >= 0.6 is 23.2 Å². The van der Waals surface area contributed by atoms with Gasteiger partial charge in [-0.15, -0.1) is 20.4 Å². The Kier molecular flexibility index (Phi) is 7.54. The van der Waals surface area contributed by atoms with E-state index in [-0.39, 0.29) is 0 Å². The van der Waals surface area contributed by atoms with Crippen LogP contribution in [0.25, 0.3) is 22.5 Å². The van der Waals surface area contributed by atoms with Crippen molar-refractivity contribution < 1.29 is 9.47 Å². The maximum atomic E-state index is 5.65. The van der Waals surface area contributed by atoms with Crippen molar-refractivity contribution in [3.05, 3.63) is 83.1 Å². The van der Waals surface area contributed by atoms with Gasteiger partial charge in [0.2, 0.25) is 0 Å². The summed E-state index contributed by atoms with van der Waals surface area (Å²) in [6, 6.07) is 22.3. The molecule has 2 aromatic heterocycles. The van der Waals surface area contributed by atoms with Crippen molar-refractivity contribution in [3.63, 3.8) is 0 Å². The van der Waals surface area contributed by atoms with Crippen LogP contribution in [0.5, 0.6) is 11.5 Å². The third kappa shape index (κ3) is 5.89. The van der Waals surface area contributed by atoms with Gasteiger partial charge < -0.3 is 9.47 Å². The van der Waals surface area contributed by atoms with Crippen LogP contribution in [-0.4, -0.2) is 34.6 Å². The zero-order chi connectivity index (χ0) is 21.3. The molecule has 152 valence electrons. The van der Waals surface area contributed by atoms with E-state index in [1.54, 1.807) is 26.4 Å². The van der Waals surface area contributed by atoms with Crippen molar-refractivity contribution >= 4 is 23.2 Å². The number of hydrogen-bond donors (Lipinski definition) is 0. The number of halogens is 2. The highest BCUT2D eigenvalue weighted by atomic mass is 35.5. The normalized spacial score (nSPS) is 10.0. The molecule has 0 spiro atoms. The van der Waals surface area contributed by atoms with Gasteiger partial charge in [0.25, 0.3) is 0 Å². The van der Waals surface area contributed by atoms with E-state index in [9.17, 15) is 0 Å². The lowest BCUT2D eigenvalue weighted by Gasteiger charge is -2.02. The summed E-state index contributed by atoms with van der Waals surface area (Å²) in [5.74, 6) is 1.64. The van der Waals surface area contributed by atoms with Crippen LogP contribution in [0.1, 0.15) is 0 Å². The maximum Gasteiger partial charge on any atom is 0.151 e. The van der Waals surface area contributed by atoms with Crippen molar-refractivity contribution in [1.29, 1.82) is 0 Å². The molecule has 0 atom stereocenters. The Hall–Kier alpha value is -3.22. The summed E-state index contributed by atoms with van der Waals surface area (Å²) >= 11 is 11.3. The third-order valence-corrected chi connectivity index (χ3v) is 4.44. The maximum absolute atomic E-state index is 5.65. The summed E-state index contributed by atoms with van der Waals surface area (Å²) in [4.78, 5) is 0. The SMILES string of the molecule is COc1ccc(-c2ccc(Cl)nn2)cc1.COc1ccc(-c2ccc(Cl)nn2)cc1. The Morgan fingerprint density at radius 1 is 0.500 bits per heavy atom.